The molecule has 0 amide bonds. The predicted molar refractivity (Wildman–Crippen MR) is 60.1 cm³/mol. The first kappa shape index (κ1) is 9.71. The Bertz CT molecular complexity index is 419. The van der Waals surface area contributed by atoms with E-state index in [9.17, 15) is 0 Å². The third-order valence-electron chi connectivity index (χ3n) is 2.07. The van der Waals surface area contributed by atoms with Gasteiger partial charge in [-0.15, -0.1) is 0 Å². The summed E-state index contributed by atoms with van der Waals surface area (Å²) in [6.45, 7) is 4.19. The first-order valence-electron chi connectivity index (χ1n) is 4.98. The summed E-state index contributed by atoms with van der Waals surface area (Å²) in [5.74, 6) is 0.834. The smallest absolute Gasteiger partial charge is 0.130 e. The molecule has 0 aliphatic rings. The first-order chi connectivity index (χ1) is 7.25. The van der Waals surface area contributed by atoms with Gasteiger partial charge in [-0.25, -0.2) is 4.98 Å². The van der Waals surface area contributed by atoms with Gasteiger partial charge in [0.1, 0.15) is 5.82 Å². The van der Waals surface area contributed by atoms with Crippen LogP contribution in [-0.4, -0.2) is 14.8 Å². The summed E-state index contributed by atoms with van der Waals surface area (Å²) < 4.78 is 1.91. The summed E-state index contributed by atoms with van der Waals surface area (Å²) in [5.41, 5.74) is 0.961. The van der Waals surface area contributed by atoms with Gasteiger partial charge in [-0.1, -0.05) is 6.07 Å². The highest BCUT2D eigenvalue weighted by molar-refractivity contribution is 5.53. The quantitative estimate of drug-likeness (QED) is 0.831. The van der Waals surface area contributed by atoms with Crippen LogP contribution in [0.5, 0.6) is 0 Å². The van der Waals surface area contributed by atoms with Crippen LogP contribution in [0.1, 0.15) is 19.9 Å². The number of pyridine rings is 1. The second kappa shape index (κ2) is 4.13. The second-order valence-corrected chi connectivity index (χ2v) is 3.64. The maximum absolute atomic E-state index is 4.24. The van der Waals surface area contributed by atoms with Gasteiger partial charge in [0.15, 0.2) is 0 Å². The molecule has 4 nitrogen and oxygen atoms in total. The zero-order valence-electron chi connectivity index (χ0n) is 8.88. The summed E-state index contributed by atoms with van der Waals surface area (Å²) in [6.07, 6.45) is 5.53. The molecule has 1 N–H and O–H groups in total. The molecule has 2 aromatic heterocycles. The Morgan fingerprint density at radius 1 is 1.33 bits per heavy atom. The Balaban J connectivity index is 2.12. The standard InChI is InChI=1S/C11H14N4/c1-9(2)15-8-10(7-13-15)14-11-5-3-4-6-12-11/h3-9H,1-2H3,(H,12,14). The third kappa shape index (κ3) is 2.34. The maximum Gasteiger partial charge on any atom is 0.130 e. The molecule has 15 heavy (non-hydrogen) atoms. The third-order valence-corrected chi connectivity index (χ3v) is 2.07. The molecule has 0 aromatic carbocycles. The molecule has 0 saturated heterocycles. The van der Waals surface area contributed by atoms with Gasteiger partial charge in [-0.2, -0.15) is 5.10 Å². The van der Waals surface area contributed by atoms with Crippen LogP contribution in [0.25, 0.3) is 0 Å². The fourth-order valence-corrected chi connectivity index (χ4v) is 1.27. The summed E-state index contributed by atoms with van der Waals surface area (Å²) in [5, 5.41) is 7.42. The van der Waals surface area contributed by atoms with E-state index >= 15 is 0 Å². The fourth-order valence-electron chi connectivity index (χ4n) is 1.27. The normalized spacial score (nSPS) is 10.6. The molecule has 0 fully saturated rings. The Morgan fingerprint density at radius 2 is 2.20 bits per heavy atom. The van der Waals surface area contributed by atoms with E-state index in [1.54, 1.807) is 12.4 Å². The molecule has 0 bridgehead atoms. The Labute approximate surface area is 89.0 Å². The predicted octanol–water partition coefficient (Wildman–Crippen LogP) is 2.60. The maximum atomic E-state index is 4.24. The number of hydrogen-bond donors (Lipinski definition) is 1. The molecule has 0 atom stereocenters. The number of aromatic nitrogens is 3. The highest BCUT2D eigenvalue weighted by atomic mass is 15.3. The van der Waals surface area contributed by atoms with Crippen LogP contribution in [0.15, 0.2) is 36.8 Å². The molecular formula is C11H14N4. The van der Waals surface area contributed by atoms with Gasteiger partial charge in [0.25, 0.3) is 0 Å². The molecule has 2 heterocycles. The van der Waals surface area contributed by atoms with E-state index in [0.717, 1.165) is 11.5 Å². The molecule has 78 valence electrons. The minimum atomic E-state index is 0.379. The van der Waals surface area contributed by atoms with E-state index in [2.05, 4.69) is 29.2 Å². The Morgan fingerprint density at radius 3 is 2.80 bits per heavy atom. The molecular weight excluding hydrogens is 188 g/mol. The van der Waals surface area contributed by atoms with Gasteiger partial charge >= 0.3 is 0 Å². The van der Waals surface area contributed by atoms with Gasteiger partial charge in [-0.05, 0) is 26.0 Å². The van der Waals surface area contributed by atoms with Gasteiger partial charge in [0.05, 0.1) is 11.9 Å². The summed E-state index contributed by atoms with van der Waals surface area (Å²) >= 11 is 0. The first-order valence-corrected chi connectivity index (χ1v) is 4.98. The lowest BCUT2D eigenvalue weighted by molar-refractivity contribution is 0.532. The van der Waals surface area contributed by atoms with Crippen molar-refractivity contribution in [2.45, 2.75) is 19.9 Å². The minimum Gasteiger partial charge on any atom is -0.338 e. The van der Waals surface area contributed by atoms with E-state index < -0.39 is 0 Å². The van der Waals surface area contributed by atoms with Crippen molar-refractivity contribution in [3.63, 3.8) is 0 Å². The number of hydrogen-bond acceptors (Lipinski definition) is 3. The zero-order valence-corrected chi connectivity index (χ0v) is 8.88. The number of rotatable bonds is 3. The van der Waals surface area contributed by atoms with Gasteiger partial charge in [0, 0.05) is 18.4 Å². The lowest BCUT2D eigenvalue weighted by Gasteiger charge is -2.03. The molecule has 0 radical (unpaired) electrons. The van der Waals surface area contributed by atoms with Crippen LogP contribution in [0.4, 0.5) is 11.5 Å². The largest absolute Gasteiger partial charge is 0.338 e. The minimum absolute atomic E-state index is 0.379. The summed E-state index contributed by atoms with van der Waals surface area (Å²) in [6, 6.07) is 6.14. The second-order valence-electron chi connectivity index (χ2n) is 3.64. The van der Waals surface area contributed by atoms with Crippen molar-refractivity contribution in [2.75, 3.05) is 5.32 Å². The number of nitrogens with one attached hydrogen (secondary N) is 1. The summed E-state index contributed by atoms with van der Waals surface area (Å²) in [7, 11) is 0. The summed E-state index contributed by atoms with van der Waals surface area (Å²) in [4.78, 5) is 4.18. The van der Waals surface area contributed by atoms with Crippen LogP contribution in [0.2, 0.25) is 0 Å². The van der Waals surface area contributed by atoms with E-state index in [4.69, 9.17) is 0 Å². The van der Waals surface area contributed by atoms with Gasteiger partial charge in [-0.3, -0.25) is 4.68 Å². The van der Waals surface area contributed by atoms with Crippen molar-refractivity contribution in [1.82, 2.24) is 14.8 Å². The fraction of sp³-hybridized carbons (Fsp3) is 0.273. The van der Waals surface area contributed by atoms with E-state index in [-0.39, 0.29) is 0 Å². The highest BCUT2D eigenvalue weighted by Crippen LogP contribution is 2.14. The average molecular weight is 202 g/mol. The molecule has 0 saturated carbocycles. The van der Waals surface area contributed by atoms with Crippen LogP contribution in [0.3, 0.4) is 0 Å². The molecule has 2 aromatic rings. The monoisotopic (exact) mass is 202 g/mol. The van der Waals surface area contributed by atoms with Crippen LogP contribution < -0.4 is 5.32 Å². The molecule has 0 unspecified atom stereocenters. The van der Waals surface area contributed by atoms with E-state index in [1.165, 1.54) is 0 Å². The molecule has 0 aliphatic heterocycles. The SMILES string of the molecule is CC(C)n1cc(Nc2ccccn2)cn1. The lowest BCUT2D eigenvalue weighted by atomic mass is 10.4. The molecule has 0 aliphatic carbocycles. The zero-order chi connectivity index (χ0) is 10.7. The molecule has 4 heteroatoms. The van der Waals surface area contributed by atoms with Crippen molar-refractivity contribution in [3.8, 4) is 0 Å². The number of nitrogens with zero attached hydrogens (tertiary/aromatic N) is 3. The Kier molecular flexibility index (Phi) is 2.67. The van der Waals surface area contributed by atoms with Crippen molar-refractivity contribution in [2.24, 2.45) is 0 Å². The number of anilines is 2. The lowest BCUT2D eigenvalue weighted by Crippen LogP contribution is -2.00. The van der Waals surface area contributed by atoms with Crippen molar-refractivity contribution < 1.29 is 0 Å². The van der Waals surface area contributed by atoms with Gasteiger partial charge in [0.2, 0.25) is 0 Å². The van der Waals surface area contributed by atoms with Crippen LogP contribution in [-0.2, 0) is 0 Å². The Hall–Kier alpha value is -1.84. The van der Waals surface area contributed by atoms with Crippen LogP contribution in [0, 0.1) is 0 Å². The van der Waals surface area contributed by atoms with E-state index in [0.29, 0.717) is 6.04 Å². The van der Waals surface area contributed by atoms with Crippen molar-refractivity contribution >= 4 is 11.5 Å². The molecule has 0 spiro atoms. The van der Waals surface area contributed by atoms with Crippen LogP contribution >= 0.6 is 0 Å². The van der Waals surface area contributed by atoms with Crippen molar-refractivity contribution in [3.05, 3.63) is 36.8 Å². The van der Waals surface area contributed by atoms with Gasteiger partial charge < -0.3 is 5.32 Å². The highest BCUT2D eigenvalue weighted by Gasteiger charge is 2.01. The molecule has 2 rings (SSSR count). The average Bonchev–Trinajstić information content (AvgIpc) is 2.68. The van der Waals surface area contributed by atoms with Crippen molar-refractivity contribution in [1.29, 1.82) is 0 Å². The van der Waals surface area contributed by atoms with E-state index in [1.807, 2.05) is 29.1 Å². The topological polar surface area (TPSA) is 42.7 Å².